The fourth-order valence-electron chi connectivity index (χ4n) is 2.69. The highest BCUT2D eigenvalue weighted by molar-refractivity contribution is 5.36. The topological polar surface area (TPSA) is 21.3 Å². The average molecular weight is 203 g/mol. The van der Waals surface area contributed by atoms with Crippen molar-refractivity contribution in [1.29, 1.82) is 0 Å². The monoisotopic (exact) mass is 203 g/mol. The van der Waals surface area contributed by atoms with Gasteiger partial charge in [0.25, 0.3) is 0 Å². The van der Waals surface area contributed by atoms with Crippen LogP contribution in [0, 0.1) is 0 Å². The molecule has 0 atom stereocenters. The van der Waals surface area contributed by atoms with Crippen LogP contribution in [0.2, 0.25) is 0 Å². The van der Waals surface area contributed by atoms with Crippen LogP contribution in [0.3, 0.4) is 0 Å². The van der Waals surface area contributed by atoms with Crippen molar-refractivity contribution in [3.05, 3.63) is 29.8 Å². The summed E-state index contributed by atoms with van der Waals surface area (Å²) in [4.78, 5) is 0. The van der Waals surface area contributed by atoms with E-state index in [1.165, 1.54) is 18.4 Å². The molecule has 1 aromatic carbocycles. The van der Waals surface area contributed by atoms with Crippen LogP contribution in [0.15, 0.2) is 24.3 Å². The summed E-state index contributed by atoms with van der Waals surface area (Å²) in [6.45, 7) is 2.20. The lowest BCUT2D eigenvalue weighted by Gasteiger charge is -2.41. The Morgan fingerprint density at radius 3 is 2.73 bits per heavy atom. The molecule has 0 amide bonds. The van der Waals surface area contributed by atoms with E-state index in [2.05, 4.69) is 29.6 Å². The molecule has 2 heterocycles. The minimum atomic E-state index is 0.138. The lowest BCUT2D eigenvalue weighted by atomic mass is 9.84. The summed E-state index contributed by atoms with van der Waals surface area (Å²) in [5, 5.41) is 3.40. The fourth-order valence-corrected chi connectivity index (χ4v) is 2.69. The Hall–Kier alpha value is -1.02. The molecule has 2 heteroatoms. The highest BCUT2D eigenvalue weighted by atomic mass is 16.5. The summed E-state index contributed by atoms with van der Waals surface area (Å²) in [7, 11) is 0. The third-order valence-corrected chi connectivity index (χ3v) is 3.66. The molecule has 0 radical (unpaired) electrons. The van der Waals surface area contributed by atoms with Gasteiger partial charge < -0.3 is 10.1 Å². The smallest absolute Gasteiger partial charge is 0.123 e. The first kappa shape index (κ1) is 9.22. The number of para-hydroxylation sites is 1. The van der Waals surface area contributed by atoms with E-state index in [4.69, 9.17) is 4.74 Å². The molecule has 0 unspecified atom stereocenters. The van der Waals surface area contributed by atoms with Crippen molar-refractivity contribution in [2.45, 2.75) is 31.3 Å². The lowest BCUT2D eigenvalue weighted by molar-refractivity contribution is 0.0170. The Morgan fingerprint density at radius 1 is 1.07 bits per heavy atom. The molecule has 0 bridgehead atoms. The second-order valence-corrected chi connectivity index (χ2v) is 4.64. The molecule has 0 saturated carbocycles. The molecule has 1 saturated heterocycles. The number of fused-ring (bicyclic) bond motifs is 1. The van der Waals surface area contributed by atoms with Gasteiger partial charge in [-0.1, -0.05) is 18.2 Å². The van der Waals surface area contributed by atoms with E-state index in [1.807, 2.05) is 0 Å². The van der Waals surface area contributed by atoms with Crippen LogP contribution in [-0.2, 0) is 6.42 Å². The molecule has 80 valence electrons. The Kier molecular flexibility index (Phi) is 2.17. The Labute approximate surface area is 90.6 Å². The first-order valence-corrected chi connectivity index (χ1v) is 5.86. The van der Waals surface area contributed by atoms with Crippen molar-refractivity contribution < 1.29 is 4.74 Å². The van der Waals surface area contributed by atoms with Crippen LogP contribution < -0.4 is 10.1 Å². The van der Waals surface area contributed by atoms with E-state index in [1.54, 1.807) is 0 Å². The molecule has 1 fully saturated rings. The fraction of sp³-hybridized carbons (Fsp3) is 0.538. The molecule has 0 aromatic heterocycles. The number of aryl methyl sites for hydroxylation is 1. The predicted octanol–water partition coefficient (Wildman–Crippen LogP) is 2.13. The SMILES string of the molecule is c1ccc2c(c1)CCC1(CCNCC1)O2. The summed E-state index contributed by atoms with van der Waals surface area (Å²) in [5.74, 6) is 1.12. The van der Waals surface area contributed by atoms with Gasteiger partial charge in [0.2, 0.25) is 0 Å². The number of ether oxygens (including phenoxy) is 1. The molecular formula is C13H17NO. The van der Waals surface area contributed by atoms with Gasteiger partial charge in [0, 0.05) is 0 Å². The molecule has 3 rings (SSSR count). The maximum atomic E-state index is 6.22. The minimum absolute atomic E-state index is 0.138. The predicted molar refractivity (Wildman–Crippen MR) is 60.2 cm³/mol. The Morgan fingerprint density at radius 2 is 1.87 bits per heavy atom. The molecule has 15 heavy (non-hydrogen) atoms. The molecule has 2 aliphatic rings. The Bertz CT molecular complexity index is 355. The number of hydrogen-bond acceptors (Lipinski definition) is 2. The molecule has 2 nitrogen and oxygen atoms in total. The van der Waals surface area contributed by atoms with E-state index in [-0.39, 0.29) is 5.60 Å². The van der Waals surface area contributed by atoms with Crippen LogP contribution in [0.5, 0.6) is 5.75 Å². The molecule has 1 spiro atoms. The second-order valence-electron chi connectivity index (χ2n) is 4.64. The van der Waals surface area contributed by atoms with Crippen molar-refractivity contribution in [3.63, 3.8) is 0 Å². The lowest BCUT2D eigenvalue weighted by Crippen LogP contribution is -2.48. The normalized spacial score (nSPS) is 23.2. The maximum Gasteiger partial charge on any atom is 0.123 e. The largest absolute Gasteiger partial charge is 0.487 e. The summed E-state index contributed by atoms with van der Waals surface area (Å²) >= 11 is 0. The number of piperidine rings is 1. The molecular weight excluding hydrogens is 186 g/mol. The van der Waals surface area contributed by atoms with Crippen LogP contribution >= 0.6 is 0 Å². The van der Waals surface area contributed by atoms with E-state index < -0.39 is 0 Å². The third-order valence-electron chi connectivity index (χ3n) is 3.66. The number of hydrogen-bond donors (Lipinski definition) is 1. The van der Waals surface area contributed by atoms with Gasteiger partial charge in [-0.2, -0.15) is 0 Å². The van der Waals surface area contributed by atoms with Crippen molar-refractivity contribution >= 4 is 0 Å². The zero-order valence-corrected chi connectivity index (χ0v) is 8.96. The maximum absolute atomic E-state index is 6.22. The summed E-state index contributed by atoms with van der Waals surface area (Å²) in [5.41, 5.74) is 1.52. The highest BCUT2D eigenvalue weighted by Gasteiger charge is 2.37. The minimum Gasteiger partial charge on any atom is -0.487 e. The van der Waals surface area contributed by atoms with E-state index in [0.29, 0.717) is 0 Å². The van der Waals surface area contributed by atoms with Gasteiger partial charge in [0.05, 0.1) is 0 Å². The van der Waals surface area contributed by atoms with Crippen LogP contribution in [0.25, 0.3) is 0 Å². The Balaban J connectivity index is 1.87. The van der Waals surface area contributed by atoms with E-state index in [9.17, 15) is 0 Å². The molecule has 1 aromatic rings. The van der Waals surface area contributed by atoms with Crippen molar-refractivity contribution in [1.82, 2.24) is 5.32 Å². The standard InChI is InChI=1S/C13H17NO/c1-2-4-12-11(3-1)5-6-13(15-12)7-9-14-10-8-13/h1-4,14H,5-10H2. The van der Waals surface area contributed by atoms with Gasteiger partial charge >= 0.3 is 0 Å². The van der Waals surface area contributed by atoms with Crippen molar-refractivity contribution in [3.8, 4) is 5.75 Å². The van der Waals surface area contributed by atoms with Crippen LogP contribution in [0.4, 0.5) is 0 Å². The van der Waals surface area contributed by atoms with Crippen LogP contribution in [-0.4, -0.2) is 18.7 Å². The number of rotatable bonds is 0. The van der Waals surface area contributed by atoms with E-state index >= 15 is 0 Å². The highest BCUT2D eigenvalue weighted by Crippen LogP contribution is 2.37. The van der Waals surface area contributed by atoms with Crippen molar-refractivity contribution in [2.75, 3.05) is 13.1 Å². The average Bonchev–Trinajstić information content (AvgIpc) is 2.30. The van der Waals surface area contributed by atoms with Crippen LogP contribution in [0.1, 0.15) is 24.8 Å². The summed E-state index contributed by atoms with van der Waals surface area (Å²) in [6.07, 6.45) is 4.67. The quantitative estimate of drug-likeness (QED) is 0.697. The van der Waals surface area contributed by atoms with Gasteiger partial charge in [-0.25, -0.2) is 0 Å². The first-order chi connectivity index (χ1) is 7.38. The van der Waals surface area contributed by atoms with E-state index in [0.717, 1.165) is 31.7 Å². The zero-order valence-electron chi connectivity index (χ0n) is 8.96. The first-order valence-electron chi connectivity index (χ1n) is 5.86. The summed E-state index contributed by atoms with van der Waals surface area (Å²) < 4.78 is 6.22. The van der Waals surface area contributed by atoms with Gasteiger partial charge in [-0.15, -0.1) is 0 Å². The zero-order chi connectivity index (χ0) is 10.1. The van der Waals surface area contributed by atoms with Gasteiger partial charge in [-0.05, 0) is 50.4 Å². The molecule has 2 aliphatic heterocycles. The van der Waals surface area contributed by atoms with Gasteiger partial charge in [0.15, 0.2) is 0 Å². The third kappa shape index (κ3) is 1.63. The van der Waals surface area contributed by atoms with Gasteiger partial charge in [-0.3, -0.25) is 0 Å². The van der Waals surface area contributed by atoms with Crippen molar-refractivity contribution in [2.24, 2.45) is 0 Å². The summed E-state index contributed by atoms with van der Waals surface area (Å²) in [6, 6.07) is 8.46. The second kappa shape index (κ2) is 3.53. The van der Waals surface area contributed by atoms with Gasteiger partial charge in [0.1, 0.15) is 11.4 Å². The molecule has 1 N–H and O–H groups in total. The number of benzene rings is 1. The number of nitrogens with one attached hydrogen (secondary N) is 1. The molecule has 0 aliphatic carbocycles.